The molecule has 4 nitrogen and oxygen atoms in total. The molecule has 1 aliphatic rings. The summed E-state index contributed by atoms with van der Waals surface area (Å²) in [5, 5.41) is 6.10. The third-order valence-electron chi connectivity index (χ3n) is 3.36. The first-order valence-corrected chi connectivity index (χ1v) is 8.73. The van der Waals surface area contributed by atoms with Gasteiger partial charge in [-0.3, -0.25) is 16.0 Å². The van der Waals surface area contributed by atoms with Gasteiger partial charge in [0.2, 0.25) is 0 Å². The molecule has 1 aromatic rings. The number of hydrogen-bond acceptors (Lipinski definition) is 5. The van der Waals surface area contributed by atoms with Crippen molar-refractivity contribution in [3.05, 3.63) is 16.4 Å². The molecule has 7 heteroatoms. The minimum absolute atomic E-state index is 0.124. The Kier molecular flexibility index (Phi) is 5.05. The fourth-order valence-corrected chi connectivity index (χ4v) is 5.78. The first-order chi connectivity index (χ1) is 8.54. The fraction of sp³-hybridized carbons (Fsp3) is 0.727. The number of nitrogens with one attached hydrogen (secondary N) is 1. The van der Waals surface area contributed by atoms with Crippen LogP contribution in [0.2, 0.25) is 0 Å². The third kappa shape index (κ3) is 2.90. The van der Waals surface area contributed by atoms with E-state index in [2.05, 4.69) is 40.3 Å². The van der Waals surface area contributed by atoms with Gasteiger partial charge in [0, 0.05) is 28.6 Å². The Morgan fingerprint density at radius 1 is 1.56 bits per heavy atom. The lowest BCUT2D eigenvalue weighted by Crippen LogP contribution is -2.41. The molecule has 3 N–H and O–H groups in total. The van der Waals surface area contributed by atoms with Crippen molar-refractivity contribution < 1.29 is 0 Å². The van der Waals surface area contributed by atoms with Crippen LogP contribution >= 0.6 is 39.5 Å². The molecule has 0 spiro atoms. The van der Waals surface area contributed by atoms with E-state index in [0.717, 1.165) is 15.9 Å². The summed E-state index contributed by atoms with van der Waals surface area (Å²) in [5.74, 6) is 6.89. The zero-order valence-electron chi connectivity index (χ0n) is 10.8. The largest absolute Gasteiger partial charge is 0.271 e. The van der Waals surface area contributed by atoms with Gasteiger partial charge >= 0.3 is 0 Å². The summed E-state index contributed by atoms with van der Waals surface area (Å²) in [5.41, 5.74) is 4.09. The van der Waals surface area contributed by atoms with Gasteiger partial charge in [0.1, 0.15) is 0 Å². The molecule has 18 heavy (non-hydrogen) atoms. The van der Waals surface area contributed by atoms with Crippen LogP contribution in [-0.2, 0) is 7.05 Å². The van der Waals surface area contributed by atoms with Crippen molar-refractivity contribution in [2.24, 2.45) is 12.9 Å². The van der Waals surface area contributed by atoms with E-state index in [9.17, 15) is 0 Å². The highest BCUT2D eigenvalue weighted by molar-refractivity contribution is 9.10. The second-order valence-electron chi connectivity index (χ2n) is 4.56. The maximum absolute atomic E-state index is 5.78. The van der Waals surface area contributed by atoms with Gasteiger partial charge in [-0.2, -0.15) is 28.6 Å². The Morgan fingerprint density at radius 2 is 2.28 bits per heavy atom. The lowest BCUT2D eigenvalue weighted by molar-refractivity contribution is 0.506. The van der Waals surface area contributed by atoms with Crippen LogP contribution in [0.25, 0.3) is 0 Å². The summed E-state index contributed by atoms with van der Waals surface area (Å²) in [4.78, 5) is 0. The number of aromatic nitrogens is 2. The van der Waals surface area contributed by atoms with E-state index in [1.807, 2.05) is 41.5 Å². The Bertz CT molecular complexity index is 392. The highest BCUT2D eigenvalue weighted by Gasteiger charge is 2.33. The minimum atomic E-state index is 0.124. The standard InChI is InChI=1S/C11H19BrN4S2/c1-6-7(2)18-9(5-17-6)10(15-13)11-8(12)4-14-16(11)3/h4,6-7,9-10,15H,5,13H2,1-3H3. The summed E-state index contributed by atoms with van der Waals surface area (Å²) < 4.78 is 2.91. The second kappa shape index (κ2) is 6.17. The molecule has 2 rings (SSSR count). The van der Waals surface area contributed by atoms with Crippen molar-refractivity contribution in [3.8, 4) is 0 Å². The van der Waals surface area contributed by atoms with Gasteiger partial charge < -0.3 is 0 Å². The molecule has 1 fully saturated rings. The maximum Gasteiger partial charge on any atom is 0.0766 e. The van der Waals surface area contributed by atoms with Crippen LogP contribution in [0.3, 0.4) is 0 Å². The van der Waals surface area contributed by atoms with Crippen molar-refractivity contribution in [1.82, 2.24) is 15.2 Å². The lowest BCUT2D eigenvalue weighted by Gasteiger charge is -2.35. The molecule has 0 aromatic carbocycles. The van der Waals surface area contributed by atoms with E-state index in [-0.39, 0.29) is 6.04 Å². The van der Waals surface area contributed by atoms with E-state index in [1.54, 1.807) is 0 Å². The van der Waals surface area contributed by atoms with Crippen molar-refractivity contribution >= 4 is 39.5 Å². The minimum Gasteiger partial charge on any atom is -0.271 e. The maximum atomic E-state index is 5.78. The molecule has 0 aliphatic carbocycles. The summed E-state index contributed by atoms with van der Waals surface area (Å²) in [6, 6.07) is 0.124. The smallest absolute Gasteiger partial charge is 0.0766 e. The zero-order chi connectivity index (χ0) is 13.3. The number of rotatable bonds is 3. The average Bonchev–Trinajstić information content (AvgIpc) is 2.66. The fourth-order valence-electron chi connectivity index (χ4n) is 2.11. The molecule has 0 saturated carbocycles. The van der Waals surface area contributed by atoms with E-state index < -0.39 is 0 Å². The van der Waals surface area contributed by atoms with E-state index >= 15 is 0 Å². The molecule has 1 aromatic heterocycles. The first-order valence-electron chi connectivity index (χ1n) is 5.95. The molecule has 4 unspecified atom stereocenters. The van der Waals surface area contributed by atoms with Crippen molar-refractivity contribution in [3.63, 3.8) is 0 Å². The predicted octanol–water partition coefficient (Wildman–Crippen LogP) is 2.31. The topological polar surface area (TPSA) is 55.9 Å². The van der Waals surface area contributed by atoms with Crippen LogP contribution in [-0.4, -0.2) is 31.3 Å². The molecule has 1 aliphatic heterocycles. The molecule has 0 amide bonds. The summed E-state index contributed by atoms with van der Waals surface area (Å²) in [6.07, 6.45) is 1.83. The summed E-state index contributed by atoms with van der Waals surface area (Å²) in [6.45, 7) is 4.59. The quantitative estimate of drug-likeness (QED) is 0.647. The lowest BCUT2D eigenvalue weighted by atomic mass is 10.1. The SMILES string of the molecule is CC1SCC(C(NN)c2c(Br)cnn2C)SC1C. The number of halogens is 1. The Hall–Kier alpha value is 0.310. The number of thioether (sulfide) groups is 2. The highest BCUT2D eigenvalue weighted by Crippen LogP contribution is 2.41. The molecule has 4 atom stereocenters. The van der Waals surface area contributed by atoms with Gasteiger partial charge in [-0.25, -0.2) is 0 Å². The van der Waals surface area contributed by atoms with Gasteiger partial charge in [0.25, 0.3) is 0 Å². The normalized spacial score (nSPS) is 30.4. The van der Waals surface area contributed by atoms with E-state index in [1.165, 1.54) is 0 Å². The number of hydrazine groups is 1. The third-order valence-corrected chi connectivity index (χ3v) is 7.46. The van der Waals surface area contributed by atoms with Crippen LogP contribution in [0.4, 0.5) is 0 Å². The van der Waals surface area contributed by atoms with Gasteiger partial charge in [-0.1, -0.05) is 13.8 Å². The van der Waals surface area contributed by atoms with Gasteiger partial charge in [-0.05, 0) is 15.9 Å². The van der Waals surface area contributed by atoms with Gasteiger partial charge in [-0.15, -0.1) is 0 Å². The predicted molar refractivity (Wildman–Crippen MR) is 83.7 cm³/mol. The zero-order valence-corrected chi connectivity index (χ0v) is 14.0. The number of hydrogen-bond donors (Lipinski definition) is 2. The number of aryl methyl sites for hydroxylation is 1. The van der Waals surface area contributed by atoms with Crippen molar-refractivity contribution in [2.45, 2.75) is 35.6 Å². The second-order valence-corrected chi connectivity index (χ2v) is 8.45. The first kappa shape index (κ1) is 14.7. The molecule has 2 heterocycles. The van der Waals surface area contributed by atoms with Crippen LogP contribution in [0, 0.1) is 0 Å². The monoisotopic (exact) mass is 350 g/mol. The molecular formula is C11H19BrN4S2. The number of nitrogens with zero attached hydrogens (tertiary/aromatic N) is 2. The molecule has 1 saturated heterocycles. The Morgan fingerprint density at radius 3 is 2.78 bits per heavy atom. The van der Waals surface area contributed by atoms with Gasteiger partial charge in [0.15, 0.2) is 0 Å². The summed E-state index contributed by atoms with van der Waals surface area (Å²) in [7, 11) is 1.96. The van der Waals surface area contributed by atoms with Gasteiger partial charge in [0.05, 0.1) is 22.4 Å². The summed E-state index contributed by atoms with van der Waals surface area (Å²) >= 11 is 7.60. The van der Waals surface area contributed by atoms with Crippen molar-refractivity contribution in [1.29, 1.82) is 0 Å². The Balaban J connectivity index is 2.19. The molecule has 102 valence electrons. The molecule has 0 radical (unpaired) electrons. The van der Waals surface area contributed by atoms with Crippen LogP contribution in [0.1, 0.15) is 25.6 Å². The molecule has 0 bridgehead atoms. The average molecular weight is 351 g/mol. The Labute approximate surface area is 125 Å². The van der Waals surface area contributed by atoms with E-state index in [4.69, 9.17) is 5.84 Å². The van der Waals surface area contributed by atoms with Crippen molar-refractivity contribution in [2.75, 3.05) is 5.75 Å². The molecular weight excluding hydrogens is 332 g/mol. The van der Waals surface area contributed by atoms with Crippen LogP contribution < -0.4 is 11.3 Å². The van der Waals surface area contributed by atoms with Crippen LogP contribution in [0.5, 0.6) is 0 Å². The highest BCUT2D eigenvalue weighted by atomic mass is 79.9. The van der Waals surface area contributed by atoms with Crippen LogP contribution in [0.15, 0.2) is 10.7 Å². The number of nitrogens with two attached hydrogens (primary N) is 1. The van der Waals surface area contributed by atoms with E-state index in [0.29, 0.717) is 15.7 Å².